The third-order valence-corrected chi connectivity index (χ3v) is 2.78. The number of likely N-dealkylation sites (N-methyl/N-ethyl adjacent to an activating group) is 1. The molecule has 7 nitrogen and oxygen atoms in total. The maximum atomic E-state index is 11.6. The average Bonchev–Trinajstić information content (AvgIpc) is 2.32. The van der Waals surface area contributed by atoms with Crippen LogP contribution in [-0.2, 0) is 9.59 Å². The van der Waals surface area contributed by atoms with Crippen LogP contribution in [0, 0.1) is 0 Å². The monoisotopic (exact) mass is 288 g/mol. The number of carboxylic acid groups (broad SMARTS) is 1. The smallest absolute Gasteiger partial charge is 0.319 e. The van der Waals surface area contributed by atoms with Gasteiger partial charge < -0.3 is 16.2 Å². The van der Waals surface area contributed by atoms with Crippen LogP contribution in [0.4, 0.5) is 0 Å². The molecule has 0 rings (SSSR count). The highest BCUT2D eigenvalue weighted by molar-refractivity contribution is 5.76. The molecule has 0 aliphatic carbocycles. The molecule has 0 spiro atoms. The largest absolute Gasteiger partial charge is 0.480 e. The number of rotatable bonds is 12. The highest BCUT2D eigenvalue weighted by atomic mass is 16.4. The molecule has 5 N–H and O–H groups in total. The summed E-state index contributed by atoms with van der Waals surface area (Å²) in [5, 5.41) is 13.1. The van der Waals surface area contributed by atoms with E-state index in [9.17, 15) is 9.59 Å². The van der Waals surface area contributed by atoms with Crippen molar-refractivity contribution in [3.8, 4) is 0 Å². The van der Waals surface area contributed by atoms with Gasteiger partial charge in [0.25, 0.3) is 0 Å². The Morgan fingerprint density at radius 2 is 2.00 bits per heavy atom. The molecule has 20 heavy (non-hydrogen) atoms. The fourth-order valence-electron chi connectivity index (χ4n) is 1.75. The molecule has 1 atom stereocenters. The van der Waals surface area contributed by atoms with Gasteiger partial charge in [0, 0.05) is 19.5 Å². The number of nitrogens with zero attached hydrogens (tertiary/aromatic N) is 1. The molecule has 0 bridgehead atoms. The molecule has 0 aromatic heterocycles. The fraction of sp³-hybridized carbons (Fsp3) is 0.846. The zero-order chi connectivity index (χ0) is 15.4. The summed E-state index contributed by atoms with van der Waals surface area (Å²) in [6, 6.07) is -0.216. The van der Waals surface area contributed by atoms with Crippen molar-refractivity contribution in [2.24, 2.45) is 5.73 Å². The number of nitrogens with one attached hydrogen (secondary N) is 2. The molecule has 0 heterocycles. The molecule has 0 saturated heterocycles. The van der Waals surface area contributed by atoms with E-state index in [0.29, 0.717) is 0 Å². The summed E-state index contributed by atoms with van der Waals surface area (Å²) in [5.74, 6) is -1.25. The van der Waals surface area contributed by atoms with Crippen molar-refractivity contribution in [1.82, 2.24) is 15.8 Å². The number of hydrogen-bond donors (Lipinski definition) is 4. The maximum absolute atomic E-state index is 11.6. The predicted molar refractivity (Wildman–Crippen MR) is 78.0 cm³/mol. The van der Waals surface area contributed by atoms with Gasteiger partial charge in [0.2, 0.25) is 5.91 Å². The number of hydrazine groups is 1. The van der Waals surface area contributed by atoms with Gasteiger partial charge in [-0.2, -0.15) is 0 Å². The average molecular weight is 288 g/mol. The molecule has 118 valence electrons. The molecule has 0 aliphatic heterocycles. The van der Waals surface area contributed by atoms with E-state index in [1.807, 2.05) is 0 Å². The Balaban J connectivity index is 3.61. The van der Waals surface area contributed by atoms with Crippen LogP contribution in [0.3, 0.4) is 0 Å². The van der Waals surface area contributed by atoms with Crippen LogP contribution in [0.25, 0.3) is 0 Å². The SMILES string of the molecule is CCCCCNCC[C@H](N)CC(=O)NN(C)CC(=O)O. The lowest BCUT2D eigenvalue weighted by Gasteiger charge is -2.17. The van der Waals surface area contributed by atoms with Crippen molar-refractivity contribution in [2.45, 2.75) is 45.1 Å². The van der Waals surface area contributed by atoms with Crippen molar-refractivity contribution in [3.05, 3.63) is 0 Å². The molecule has 7 heteroatoms. The molecule has 0 aliphatic rings. The Bertz CT molecular complexity index is 287. The van der Waals surface area contributed by atoms with Gasteiger partial charge in [0.15, 0.2) is 0 Å². The highest BCUT2D eigenvalue weighted by Crippen LogP contribution is 1.95. The third-order valence-electron chi connectivity index (χ3n) is 2.78. The minimum atomic E-state index is -0.992. The summed E-state index contributed by atoms with van der Waals surface area (Å²) in [7, 11) is 1.51. The van der Waals surface area contributed by atoms with Crippen molar-refractivity contribution in [1.29, 1.82) is 0 Å². The van der Waals surface area contributed by atoms with Crippen molar-refractivity contribution >= 4 is 11.9 Å². The van der Waals surface area contributed by atoms with Crippen LogP contribution in [0.15, 0.2) is 0 Å². The van der Waals surface area contributed by atoms with E-state index >= 15 is 0 Å². The van der Waals surface area contributed by atoms with E-state index < -0.39 is 5.97 Å². The summed E-state index contributed by atoms with van der Waals surface area (Å²) >= 11 is 0. The molecule has 0 aromatic carbocycles. The fourth-order valence-corrected chi connectivity index (χ4v) is 1.75. The predicted octanol–water partition coefficient (Wildman–Crippen LogP) is -0.0787. The normalized spacial score (nSPS) is 12.4. The lowest BCUT2D eigenvalue weighted by Crippen LogP contribution is -2.44. The summed E-state index contributed by atoms with van der Waals surface area (Å²) in [6.45, 7) is 3.70. The number of carboxylic acids is 1. The topological polar surface area (TPSA) is 108 Å². The molecular formula is C13H28N4O3. The first-order valence-corrected chi connectivity index (χ1v) is 7.14. The van der Waals surface area contributed by atoms with Crippen LogP contribution in [-0.4, -0.2) is 54.7 Å². The van der Waals surface area contributed by atoms with Crippen LogP contribution in [0.1, 0.15) is 39.0 Å². The second kappa shape index (κ2) is 11.6. The second-order valence-corrected chi connectivity index (χ2v) is 4.99. The van der Waals surface area contributed by atoms with Crippen molar-refractivity contribution < 1.29 is 14.7 Å². The van der Waals surface area contributed by atoms with Gasteiger partial charge in [0.05, 0.1) is 0 Å². The van der Waals surface area contributed by atoms with E-state index in [1.54, 1.807) is 0 Å². The lowest BCUT2D eigenvalue weighted by molar-refractivity contribution is -0.139. The minimum absolute atomic E-state index is 0.195. The van der Waals surface area contributed by atoms with Crippen LogP contribution < -0.4 is 16.5 Å². The maximum Gasteiger partial charge on any atom is 0.319 e. The number of aliphatic carboxylic acids is 1. The zero-order valence-corrected chi connectivity index (χ0v) is 12.5. The minimum Gasteiger partial charge on any atom is -0.480 e. The standard InChI is InChI=1S/C13H28N4O3/c1-3-4-5-7-15-8-6-11(14)9-12(18)16-17(2)10-13(19)20/h11,15H,3-10,14H2,1-2H3,(H,16,18)(H,19,20)/t11-/m0/s1. The molecule has 0 fully saturated rings. The van der Waals surface area contributed by atoms with Gasteiger partial charge in [-0.3, -0.25) is 15.0 Å². The Morgan fingerprint density at radius 1 is 1.30 bits per heavy atom. The van der Waals surface area contributed by atoms with Crippen LogP contribution in [0.5, 0.6) is 0 Å². The Labute approximate surface area is 120 Å². The molecule has 0 unspecified atom stereocenters. The second-order valence-electron chi connectivity index (χ2n) is 4.99. The first-order valence-electron chi connectivity index (χ1n) is 7.14. The van der Waals surface area contributed by atoms with Gasteiger partial charge in [-0.25, -0.2) is 5.01 Å². The zero-order valence-electron chi connectivity index (χ0n) is 12.5. The van der Waals surface area contributed by atoms with Gasteiger partial charge in [-0.05, 0) is 25.9 Å². The Hall–Kier alpha value is -1.18. The number of carbonyl (C=O) groups is 2. The quantitative estimate of drug-likeness (QED) is 0.295. The molecule has 1 amide bonds. The number of carbonyl (C=O) groups excluding carboxylic acids is 1. The summed E-state index contributed by atoms with van der Waals surface area (Å²) < 4.78 is 0. The van der Waals surface area contributed by atoms with Gasteiger partial charge in [0.1, 0.15) is 6.54 Å². The van der Waals surface area contributed by atoms with Crippen LogP contribution in [0.2, 0.25) is 0 Å². The van der Waals surface area contributed by atoms with Crippen molar-refractivity contribution in [3.63, 3.8) is 0 Å². The van der Waals surface area contributed by atoms with Gasteiger partial charge in [-0.1, -0.05) is 19.8 Å². The van der Waals surface area contributed by atoms with E-state index in [4.69, 9.17) is 10.8 Å². The first kappa shape index (κ1) is 18.8. The summed E-state index contributed by atoms with van der Waals surface area (Å²) in [6.07, 6.45) is 4.50. The van der Waals surface area contributed by atoms with Crippen molar-refractivity contribution in [2.75, 3.05) is 26.7 Å². The Kier molecular flexibility index (Phi) is 10.9. The number of nitrogens with two attached hydrogens (primary N) is 1. The lowest BCUT2D eigenvalue weighted by atomic mass is 10.1. The third kappa shape index (κ3) is 11.9. The van der Waals surface area contributed by atoms with Crippen LogP contribution >= 0.6 is 0 Å². The first-order chi connectivity index (χ1) is 9.45. The number of unbranched alkanes of at least 4 members (excludes halogenated alkanes) is 2. The Morgan fingerprint density at radius 3 is 2.60 bits per heavy atom. The molecule has 0 radical (unpaired) electrons. The van der Waals surface area contributed by atoms with E-state index in [2.05, 4.69) is 17.7 Å². The molecular weight excluding hydrogens is 260 g/mol. The van der Waals surface area contributed by atoms with E-state index in [-0.39, 0.29) is 24.9 Å². The molecule has 0 aromatic rings. The summed E-state index contributed by atoms with van der Waals surface area (Å²) in [5.41, 5.74) is 8.33. The number of hydrogen-bond acceptors (Lipinski definition) is 5. The number of amides is 1. The van der Waals surface area contributed by atoms with Gasteiger partial charge >= 0.3 is 5.97 Å². The van der Waals surface area contributed by atoms with E-state index in [0.717, 1.165) is 25.9 Å². The van der Waals surface area contributed by atoms with Gasteiger partial charge in [-0.15, -0.1) is 0 Å². The summed E-state index contributed by atoms with van der Waals surface area (Å²) in [4.78, 5) is 22.0. The van der Waals surface area contributed by atoms with E-state index in [1.165, 1.54) is 24.9 Å². The molecule has 0 saturated carbocycles. The highest BCUT2D eigenvalue weighted by Gasteiger charge is 2.12.